The molecule has 1 fully saturated rings. The van der Waals surface area contributed by atoms with Gasteiger partial charge in [0.1, 0.15) is 0 Å². The molecule has 0 saturated heterocycles. The van der Waals surface area contributed by atoms with Crippen LogP contribution in [0, 0.1) is 16.0 Å². The minimum absolute atomic E-state index is 0. The predicted molar refractivity (Wildman–Crippen MR) is 64.6 cm³/mol. The maximum atomic E-state index is 10.6. The first kappa shape index (κ1) is 12.9. The van der Waals surface area contributed by atoms with Gasteiger partial charge in [0.15, 0.2) is 0 Å². The molecule has 0 spiro atoms. The maximum Gasteiger partial charge on any atom is 0.269 e. The lowest BCUT2D eigenvalue weighted by molar-refractivity contribution is -0.384. The summed E-state index contributed by atoms with van der Waals surface area (Å²) in [5.41, 5.74) is 6.98. The average molecular weight is 243 g/mol. The first-order chi connectivity index (χ1) is 7.16. The molecule has 0 aliphatic heterocycles. The molecule has 1 aromatic rings. The summed E-state index contributed by atoms with van der Waals surface area (Å²) in [5, 5.41) is 10.6. The van der Waals surface area contributed by atoms with E-state index in [4.69, 9.17) is 5.73 Å². The molecule has 1 aliphatic rings. The molecule has 0 amide bonds. The number of nitrogens with two attached hydrogens (primary N) is 1. The molecule has 0 bridgehead atoms. The highest BCUT2D eigenvalue weighted by atomic mass is 35.5. The molecule has 0 unspecified atom stereocenters. The molecule has 4 nitrogen and oxygen atoms in total. The van der Waals surface area contributed by atoms with Crippen molar-refractivity contribution in [2.45, 2.75) is 25.3 Å². The summed E-state index contributed by atoms with van der Waals surface area (Å²) in [6, 6.07) is 6.57. The van der Waals surface area contributed by atoms with Gasteiger partial charge in [-0.05, 0) is 17.9 Å². The van der Waals surface area contributed by atoms with Gasteiger partial charge in [-0.3, -0.25) is 10.1 Å². The Hall–Kier alpha value is -1.13. The van der Waals surface area contributed by atoms with E-state index in [0.717, 1.165) is 17.9 Å². The van der Waals surface area contributed by atoms with E-state index < -0.39 is 0 Å². The number of nitro benzene ring substituents is 1. The van der Waals surface area contributed by atoms with Crippen molar-refractivity contribution in [3.63, 3.8) is 0 Å². The van der Waals surface area contributed by atoms with Crippen LogP contribution in [0.4, 0.5) is 5.69 Å². The van der Waals surface area contributed by atoms with Gasteiger partial charge in [0.05, 0.1) is 4.92 Å². The van der Waals surface area contributed by atoms with Crippen LogP contribution in [0.5, 0.6) is 0 Å². The number of hydrogen-bond acceptors (Lipinski definition) is 3. The van der Waals surface area contributed by atoms with Gasteiger partial charge in [-0.1, -0.05) is 25.0 Å². The largest absolute Gasteiger partial charge is 0.324 e. The Balaban J connectivity index is 0.00000128. The van der Waals surface area contributed by atoms with Crippen LogP contribution in [0.25, 0.3) is 0 Å². The van der Waals surface area contributed by atoms with Crippen molar-refractivity contribution in [2.24, 2.45) is 11.7 Å². The number of nitro groups is 1. The zero-order valence-electron chi connectivity index (χ0n) is 8.83. The van der Waals surface area contributed by atoms with E-state index in [9.17, 15) is 10.1 Å². The number of rotatable bonds is 4. The van der Waals surface area contributed by atoms with E-state index in [0.29, 0.717) is 0 Å². The van der Waals surface area contributed by atoms with Gasteiger partial charge in [0, 0.05) is 18.2 Å². The molecule has 0 radical (unpaired) electrons. The summed E-state index contributed by atoms with van der Waals surface area (Å²) in [7, 11) is 0. The van der Waals surface area contributed by atoms with E-state index >= 15 is 0 Å². The summed E-state index contributed by atoms with van der Waals surface area (Å²) in [5.74, 6) is 0.735. The molecule has 1 atom stereocenters. The summed E-state index contributed by atoms with van der Waals surface area (Å²) < 4.78 is 0. The average Bonchev–Trinajstić information content (AvgIpc) is 3.02. The van der Waals surface area contributed by atoms with Gasteiger partial charge >= 0.3 is 0 Å². The maximum absolute atomic E-state index is 10.6. The Morgan fingerprint density at radius 3 is 2.75 bits per heavy atom. The Morgan fingerprint density at radius 1 is 1.50 bits per heavy atom. The van der Waals surface area contributed by atoms with E-state index in [-0.39, 0.29) is 29.1 Å². The topological polar surface area (TPSA) is 69.2 Å². The number of benzene rings is 1. The fourth-order valence-corrected chi connectivity index (χ4v) is 1.72. The lowest BCUT2D eigenvalue weighted by Crippen LogP contribution is -2.11. The highest BCUT2D eigenvalue weighted by Gasteiger charge is 2.24. The number of hydrogen-bond donors (Lipinski definition) is 1. The Kier molecular flexibility index (Phi) is 4.26. The van der Waals surface area contributed by atoms with Crippen LogP contribution in [0.1, 0.15) is 30.9 Å². The van der Waals surface area contributed by atoms with Crippen LogP contribution in [-0.4, -0.2) is 4.92 Å². The van der Waals surface area contributed by atoms with Gasteiger partial charge in [0.2, 0.25) is 0 Å². The SMILES string of the molecule is Cl.N[C@H](CC1CC1)c1cccc([N+](=O)[O-])c1. The molecule has 1 aromatic carbocycles. The number of nitrogens with zero attached hydrogens (tertiary/aromatic N) is 1. The molecular weight excluding hydrogens is 228 g/mol. The second kappa shape index (κ2) is 5.27. The van der Waals surface area contributed by atoms with Crippen LogP contribution in [0.2, 0.25) is 0 Å². The molecule has 0 heterocycles. The van der Waals surface area contributed by atoms with Crippen molar-refractivity contribution in [2.75, 3.05) is 0 Å². The molecule has 2 N–H and O–H groups in total. The quantitative estimate of drug-likeness (QED) is 0.652. The Labute approximate surface area is 100 Å². The summed E-state index contributed by atoms with van der Waals surface area (Å²) in [4.78, 5) is 10.2. The fourth-order valence-electron chi connectivity index (χ4n) is 1.72. The van der Waals surface area contributed by atoms with Gasteiger partial charge in [-0.15, -0.1) is 12.4 Å². The van der Waals surface area contributed by atoms with Gasteiger partial charge in [-0.2, -0.15) is 0 Å². The number of halogens is 1. The van der Waals surface area contributed by atoms with E-state index in [1.165, 1.54) is 18.9 Å². The fraction of sp³-hybridized carbons (Fsp3) is 0.455. The molecule has 1 saturated carbocycles. The second-order valence-corrected chi connectivity index (χ2v) is 4.14. The predicted octanol–water partition coefficient (Wildman–Crippen LogP) is 2.82. The minimum atomic E-state index is -0.382. The van der Waals surface area contributed by atoms with Gasteiger partial charge < -0.3 is 5.73 Å². The molecular formula is C11H15ClN2O2. The highest BCUT2D eigenvalue weighted by molar-refractivity contribution is 5.85. The smallest absolute Gasteiger partial charge is 0.269 e. The van der Waals surface area contributed by atoms with Gasteiger partial charge in [-0.25, -0.2) is 0 Å². The molecule has 2 rings (SSSR count). The van der Waals surface area contributed by atoms with E-state index in [1.54, 1.807) is 12.1 Å². The lowest BCUT2D eigenvalue weighted by atomic mass is 10.0. The van der Waals surface area contributed by atoms with Crippen LogP contribution in [-0.2, 0) is 0 Å². The molecule has 16 heavy (non-hydrogen) atoms. The summed E-state index contributed by atoms with van der Waals surface area (Å²) >= 11 is 0. The number of non-ortho nitro benzene ring substituents is 1. The third kappa shape index (κ3) is 3.18. The molecule has 1 aliphatic carbocycles. The normalized spacial score (nSPS) is 16.3. The molecule has 0 aromatic heterocycles. The van der Waals surface area contributed by atoms with Gasteiger partial charge in [0.25, 0.3) is 5.69 Å². The monoisotopic (exact) mass is 242 g/mol. The summed E-state index contributed by atoms with van der Waals surface area (Å²) in [6.45, 7) is 0. The zero-order valence-corrected chi connectivity index (χ0v) is 9.65. The minimum Gasteiger partial charge on any atom is -0.324 e. The first-order valence-electron chi connectivity index (χ1n) is 5.17. The highest BCUT2D eigenvalue weighted by Crippen LogP contribution is 2.37. The van der Waals surface area contributed by atoms with Crippen molar-refractivity contribution < 1.29 is 4.92 Å². The lowest BCUT2D eigenvalue weighted by Gasteiger charge is -2.10. The first-order valence-corrected chi connectivity index (χ1v) is 5.17. The Bertz CT molecular complexity index is 380. The van der Waals surface area contributed by atoms with Crippen LogP contribution >= 0.6 is 12.4 Å². The van der Waals surface area contributed by atoms with Crippen LogP contribution < -0.4 is 5.73 Å². The van der Waals surface area contributed by atoms with E-state index in [2.05, 4.69) is 0 Å². The third-order valence-corrected chi connectivity index (χ3v) is 2.79. The van der Waals surface area contributed by atoms with Crippen molar-refractivity contribution in [3.8, 4) is 0 Å². The van der Waals surface area contributed by atoms with Crippen molar-refractivity contribution in [1.82, 2.24) is 0 Å². The summed E-state index contributed by atoms with van der Waals surface area (Å²) in [6.07, 6.45) is 3.45. The zero-order chi connectivity index (χ0) is 10.8. The van der Waals surface area contributed by atoms with Crippen LogP contribution in [0.3, 0.4) is 0 Å². The third-order valence-electron chi connectivity index (χ3n) is 2.79. The van der Waals surface area contributed by atoms with Crippen molar-refractivity contribution >= 4 is 18.1 Å². The van der Waals surface area contributed by atoms with Crippen LogP contribution in [0.15, 0.2) is 24.3 Å². The Morgan fingerprint density at radius 2 is 2.19 bits per heavy atom. The standard InChI is InChI=1S/C11H14N2O2.ClH/c12-11(6-8-4-5-8)9-2-1-3-10(7-9)13(14)15;/h1-3,7-8,11H,4-6,12H2;1H/t11-;/m1./s1. The van der Waals surface area contributed by atoms with Crippen molar-refractivity contribution in [1.29, 1.82) is 0 Å². The second-order valence-electron chi connectivity index (χ2n) is 4.14. The molecule has 88 valence electrons. The van der Waals surface area contributed by atoms with Crippen molar-refractivity contribution in [3.05, 3.63) is 39.9 Å². The van der Waals surface area contributed by atoms with E-state index in [1.807, 2.05) is 6.07 Å². The molecule has 5 heteroatoms.